The van der Waals surface area contributed by atoms with Gasteiger partial charge in [-0.3, -0.25) is 0 Å². The summed E-state index contributed by atoms with van der Waals surface area (Å²) in [6.07, 6.45) is 0.347. The second-order valence-corrected chi connectivity index (χ2v) is 2.59. The average molecular weight is 188 g/mol. The highest BCUT2D eigenvalue weighted by molar-refractivity contribution is 5.80. The van der Waals surface area contributed by atoms with Crippen LogP contribution in [0.3, 0.4) is 0 Å². The van der Waals surface area contributed by atoms with E-state index in [1.807, 2.05) is 6.92 Å². The average Bonchev–Trinajstić information content (AvgIpc) is 2.15. The summed E-state index contributed by atoms with van der Waals surface area (Å²) in [6.45, 7) is 2.90. The molecule has 0 rings (SSSR count). The van der Waals surface area contributed by atoms with Gasteiger partial charge in [-0.05, 0) is 6.92 Å². The smallest absolute Gasteiger partial charge is 0.317 e. The number of hydrogen-bond donors (Lipinski definition) is 3. The minimum absolute atomic E-state index is 0.111. The number of carbonyl (C=O) groups is 1. The van der Waals surface area contributed by atoms with Gasteiger partial charge in [0.1, 0.15) is 5.84 Å². The molecular formula is C7H16N4O2. The van der Waals surface area contributed by atoms with Gasteiger partial charge in [0.25, 0.3) is 0 Å². The maximum atomic E-state index is 11.1. The lowest BCUT2D eigenvalue weighted by molar-refractivity contribution is 0.211. The molecule has 0 radical (unpaired) electrons. The molecule has 0 spiro atoms. The molecule has 6 heteroatoms. The van der Waals surface area contributed by atoms with Crippen LogP contribution in [0.1, 0.15) is 13.3 Å². The molecule has 0 bridgehead atoms. The van der Waals surface area contributed by atoms with E-state index in [-0.39, 0.29) is 11.9 Å². The Balaban J connectivity index is 3.59. The number of nitrogens with zero attached hydrogens (tertiary/aromatic N) is 2. The molecule has 0 fully saturated rings. The molecular weight excluding hydrogens is 172 g/mol. The maximum Gasteiger partial charge on any atom is 0.317 e. The van der Waals surface area contributed by atoms with Crippen LogP contribution in [-0.2, 0) is 0 Å². The van der Waals surface area contributed by atoms with Gasteiger partial charge in [-0.15, -0.1) is 0 Å². The van der Waals surface area contributed by atoms with E-state index in [4.69, 9.17) is 10.9 Å². The van der Waals surface area contributed by atoms with E-state index in [0.29, 0.717) is 19.5 Å². The first-order chi connectivity index (χ1) is 6.11. The minimum atomic E-state index is -0.159. The predicted molar refractivity (Wildman–Crippen MR) is 49.7 cm³/mol. The fourth-order valence-electron chi connectivity index (χ4n) is 0.626. The highest BCUT2D eigenvalue weighted by Gasteiger charge is 2.04. The Bertz CT molecular complexity index is 193. The summed E-state index contributed by atoms with van der Waals surface area (Å²) in [5.41, 5.74) is 5.20. The van der Waals surface area contributed by atoms with Crippen molar-refractivity contribution in [1.29, 1.82) is 0 Å². The number of nitrogens with one attached hydrogen (secondary N) is 1. The number of hydrogen-bond acceptors (Lipinski definition) is 3. The zero-order valence-electron chi connectivity index (χ0n) is 7.95. The molecule has 0 unspecified atom stereocenters. The lowest BCUT2D eigenvalue weighted by Gasteiger charge is -2.14. The van der Waals surface area contributed by atoms with Crippen LogP contribution in [-0.4, -0.2) is 42.1 Å². The van der Waals surface area contributed by atoms with Gasteiger partial charge in [0.2, 0.25) is 0 Å². The van der Waals surface area contributed by atoms with Crippen molar-refractivity contribution in [3.63, 3.8) is 0 Å². The molecule has 0 aliphatic rings. The van der Waals surface area contributed by atoms with Crippen LogP contribution in [0.15, 0.2) is 5.16 Å². The monoisotopic (exact) mass is 188 g/mol. The number of nitrogens with two attached hydrogens (primary N) is 1. The molecule has 6 nitrogen and oxygen atoms in total. The third-order valence-corrected chi connectivity index (χ3v) is 1.61. The fraction of sp³-hybridized carbons (Fsp3) is 0.714. The topological polar surface area (TPSA) is 91.0 Å². The Morgan fingerprint density at radius 1 is 1.69 bits per heavy atom. The van der Waals surface area contributed by atoms with E-state index >= 15 is 0 Å². The molecule has 0 aromatic rings. The summed E-state index contributed by atoms with van der Waals surface area (Å²) < 4.78 is 0. The Morgan fingerprint density at radius 3 is 2.77 bits per heavy atom. The standard InChI is InChI=1S/C7H16N4O2/c1-3-11(2)7(12)9-5-4-6(8)10-13/h13H,3-5H2,1-2H3,(H2,8,10)(H,9,12). The van der Waals surface area contributed by atoms with Gasteiger partial charge in [0, 0.05) is 26.6 Å². The lowest BCUT2D eigenvalue weighted by Crippen LogP contribution is -2.38. The van der Waals surface area contributed by atoms with Crippen LogP contribution in [0.2, 0.25) is 0 Å². The molecule has 0 aliphatic carbocycles. The number of rotatable bonds is 4. The van der Waals surface area contributed by atoms with E-state index < -0.39 is 0 Å². The van der Waals surface area contributed by atoms with Gasteiger partial charge < -0.3 is 21.2 Å². The summed E-state index contributed by atoms with van der Waals surface area (Å²) in [6, 6.07) is -0.159. The van der Waals surface area contributed by atoms with Crippen LogP contribution in [0.25, 0.3) is 0 Å². The van der Waals surface area contributed by atoms with E-state index in [2.05, 4.69) is 10.5 Å². The van der Waals surface area contributed by atoms with Crippen LogP contribution < -0.4 is 11.1 Å². The molecule has 13 heavy (non-hydrogen) atoms. The molecule has 0 aromatic heterocycles. The molecule has 76 valence electrons. The third-order valence-electron chi connectivity index (χ3n) is 1.61. The zero-order chi connectivity index (χ0) is 10.3. The summed E-state index contributed by atoms with van der Waals surface area (Å²) in [5, 5.41) is 13.6. The SMILES string of the molecule is CCN(C)C(=O)NCCC(N)=NO. The van der Waals surface area contributed by atoms with E-state index in [1.54, 1.807) is 7.05 Å². The van der Waals surface area contributed by atoms with Gasteiger partial charge in [0.05, 0.1) is 0 Å². The van der Waals surface area contributed by atoms with Crippen LogP contribution in [0.4, 0.5) is 4.79 Å². The highest BCUT2D eigenvalue weighted by Crippen LogP contribution is 1.83. The lowest BCUT2D eigenvalue weighted by atomic mass is 10.4. The molecule has 0 heterocycles. The molecule has 0 aromatic carbocycles. The van der Waals surface area contributed by atoms with Crippen molar-refractivity contribution < 1.29 is 10.0 Å². The van der Waals surface area contributed by atoms with Crippen molar-refractivity contribution in [1.82, 2.24) is 10.2 Å². The first-order valence-electron chi connectivity index (χ1n) is 4.07. The number of carbonyl (C=O) groups excluding carboxylic acids is 1. The van der Waals surface area contributed by atoms with E-state index in [0.717, 1.165) is 0 Å². The summed E-state index contributed by atoms with van der Waals surface area (Å²) in [7, 11) is 1.69. The Morgan fingerprint density at radius 2 is 2.31 bits per heavy atom. The van der Waals surface area contributed by atoms with E-state index in [9.17, 15) is 4.79 Å². The first-order valence-corrected chi connectivity index (χ1v) is 4.07. The fourth-order valence-corrected chi connectivity index (χ4v) is 0.626. The third kappa shape index (κ3) is 4.89. The van der Waals surface area contributed by atoms with Crippen molar-refractivity contribution in [3.8, 4) is 0 Å². The Hall–Kier alpha value is -1.46. The van der Waals surface area contributed by atoms with Crippen molar-refractivity contribution >= 4 is 11.9 Å². The van der Waals surface area contributed by atoms with Crippen LogP contribution >= 0.6 is 0 Å². The van der Waals surface area contributed by atoms with Gasteiger partial charge >= 0.3 is 6.03 Å². The molecule has 0 saturated carbocycles. The van der Waals surface area contributed by atoms with Crippen molar-refractivity contribution in [2.24, 2.45) is 10.9 Å². The first kappa shape index (κ1) is 11.5. The minimum Gasteiger partial charge on any atom is -0.409 e. The van der Waals surface area contributed by atoms with Crippen LogP contribution in [0.5, 0.6) is 0 Å². The largest absolute Gasteiger partial charge is 0.409 e. The van der Waals surface area contributed by atoms with Crippen molar-refractivity contribution in [2.45, 2.75) is 13.3 Å². The molecule has 2 amide bonds. The summed E-state index contributed by atoms with van der Waals surface area (Å²) in [5.74, 6) is 0.111. The highest BCUT2D eigenvalue weighted by atomic mass is 16.4. The van der Waals surface area contributed by atoms with Gasteiger partial charge in [-0.2, -0.15) is 0 Å². The summed E-state index contributed by atoms with van der Waals surface area (Å²) >= 11 is 0. The molecule has 0 saturated heterocycles. The normalized spacial score (nSPS) is 11.1. The zero-order valence-corrected chi connectivity index (χ0v) is 7.95. The number of amides is 2. The quantitative estimate of drug-likeness (QED) is 0.246. The predicted octanol–water partition coefficient (Wildman–Crippen LogP) is -0.216. The maximum absolute atomic E-state index is 11.1. The van der Waals surface area contributed by atoms with Crippen LogP contribution in [0, 0.1) is 0 Å². The second kappa shape index (κ2) is 6.10. The van der Waals surface area contributed by atoms with Crippen molar-refractivity contribution in [3.05, 3.63) is 0 Å². The number of urea groups is 1. The molecule has 4 N–H and O–H groups in total. The Kier molecular flexibility index (Phi) is 5.42. The summed E-state index contributed by atoms with van der Waals surface area (Å²) in [4.78, 5) is 12.6. The number of oxime groups is 1. The van der Waals surface area contributed by atoms with Gasteiger partial charge in [0.15, 0.2) is 0 Å². The van der Waals surface area contributed by atoms with Gasteiger partial charge in [-0.1, -0.05) is 5.16 Å². The Labute approximate surface area is 77.4 Å². The van der Waals surface area contributed by atoms with Gasteiger partial charge in [-0.25, -0.2) is 4.79 Å². The van der Waals surface area contributed by atoms with Crippen molar-refractivity contribution in [2.75, 3.05) is 20.1 Å². The number of amidine groups is 1. The van der Waals surface area contributed by atoms with E-state index in [1.165, 1.54) is 4.90 Å². The molecule has 0 aliphatic heterocycles. The second-order valence-electron chi connectivity index (χ2n) is 2.59. The molecule has 0 atom stereocenters.